The quantitative estimate of drug-likeness (QED) is 0.830. The fourth-order valence-corrected chi connectivity index (χ4v) is 3.94. The van der Waals surface area contributed by atoms with Gasteiger partial charge in [0, 0.05) is 5.69 Å². The largest absolute Gasteiger partial charge is 0.477 e. The molecular weight excluding hydrogens is 258 g/mol. The van der Waals surface area contributed by atoms with E-state index in [0.29, 0.717) is 12.1 Å². The van der Waals surface area contributed by atoms with Gasteiger partial charge in [0.1, 0.15) is 5.56 Å². The van der Waals surface area contributed by atoms with Gasteiger partial charge >= 0.3 is 5.97 Å². The Morgan fingerprint density at radius 2 is 2.11 bits per heavy atom. The number of rotatable bonds is 2. The number of aryl methyl sites for hydroxylation is 1. The van der Waals surface area contributed by atoms with E-state index in [4.69, 9.17) is 5.11 Å². The van der Waals surface area contributed by atoms with Gasteiger partial charge in [-0.15, -0.1) is 0 Å². The van der Waals surface area contributed by atoms with Gasteiger partial charge < -0.3 is 9.67 Å². The molecule has 0 radical (unpaired) electrons. The van der Waals surface area contributed by atoms with Crippen LogP contribution < -0.4 is 5.56 Å². The third-order valence-corrected chi connectivity index (χ3v) is 4.87. The van der Waals surface area contributed by atoms with Crippen molar-refractivity contribution in [2.75, 3.05) is 11.5 Å². The maximum Gasteiger partial charge on any atom is 0.341 e. The van der Waals surface area contributed by atoms with E-state index in [1.165, 1.54) is 16.7 Å². The summed E-state index contributed by atoms with van der Waals surface area (Å²) >= 11 is 0. The molecule has 1 saturated heterocycles. The number of nitrogens with zero attached hydrogens (tertiary/aromatic N) is 1. The molecule has 0 aromatic carbocycles. The molecule has 1 N–H and O–H groups in total. The Hall–Kier alpha value is -1.63. The van der Waals surface area contributed by atoms with E-state index in [9.17, 15) is 18.0 Å². The number of hydrogen-bond acceptors (Lipinski definition) is 4. The van der Waals surface area contributed by atoms with Crippen LogP contribution in [0, 0.1) is 6.92 Å². The van der Waals surface area contributed by atoms with Crippen LogP contribution in [0.4, 0.5) is 0 Å². The number of sulfone groups is 1. The van der Waals surface area contributed by atoms with Crippen molar-refractivity contribution in [2.24, 2.45) is 0 Å². The van der Waals surface area contributed by atoms with Crippen molar-refractivity contribution >= 4 is 15.8 Å². The number of hydrogen-bond donors (Lipinski definition) is 1. The Morgan fingerprint density at radius 3 is 2.61 bits per heavy atom. The minimum Gasteiger partial charge on any atom is -0.477 e. The summed E-state index contributed by atoms with van der Waals surface area (Å²) in [5, 5.41) is 8.89. The fraction of sp³-hybridized carbons (Fsp3) is 0.455. The van der Waals surface area contributed by atoms with Gasteiger partial charge in [0.15, 0.2) is 9.84 Å². The van der Waals surface area contributed by atoms with Gasteiger partial charge in [-0.3, -0.25) is 4.79 Å². The summed E-state index contributed by atoms with van der Waals surface area (Å²) in [4.78, 5) is 22.9. The van der Waals surface area contributed by atoms with Crippen molar-refractivity contribution in [2.45, 2.75) is 19.4 Å². The lowest BCUT2D eigenvalue weighted by Crippen LogP contribution is -2.31. The molecule has 1 aromatic rings. The number of carboxylic acids is 1. The topological polar surface area (TPSA) is 93.4 Å². The van der Waals surface area contributed by atoms with Gasteiger partial charge in [0.05, 0.1) is 17.5 Å². The number of pyridine rings is 1. The summed E-state index contributed by atoms with van der Waals surface area (Å²) in [6.07, 6.45) is 0.353. The first-order valence-electron chi connectivity index (χ1n) is 5.48. The fourth-order valence-electron chi connectivity index (χ4n) is 2.24. The van der Waals surface area contributed by atoms with E-state index >= 15 is 0 Å². The molecule has 1 aliphatic heterocycles. The minimum absolute atomic E-state index is 0.0425. The number of aromatic carboxylic acids is 1. The molecule has 18 heavy (non-hydrogen) atoms. The van der Waals surface area contributed by atoms with Crippen LogP contribution in [0.5, 0.6) is 0 Å². The van der Waals surface area contributed by atoms with Gasteiger partial charge in [-0.05, 0) is 25.5 Å². The molecule has 0 spiro atoms. The van der Waals surface area contributed by atoms with Crippen LogP contribution in [-0.2, 0) is 9.84 Å². The third kappa shape index (κ3) is 2.17. The molecule has 7 heteroatoms. The normalized spacial score (nSPS) is 21.9. The second-order valence-electron chi connectivity index (χ2n) is 4.43. The predicted octanol–water partition coefficient (Wildman–Crippen LogP) is 0.215. The number of aromatic nitrogens is 1. The highest BCUT2D eigenvalue weighted by atomic mass is 32.2. The highest BCUT2D eigenvalue weighted by Crippen LogP contribution is 2.23. The van der Waals surface area contributed by atoms with Crippen LogP contribution in [0.3, 0.4) is 0 Å². The van der Waals surface area contributed by atoms with Crippen LogP contribution in [-0.4, -0.2) is 35.6 Å². The van der Waals surface area contributed by atoms with Crippen molar-refractivity contribution in [1.29, 1.82) is 0 Å². The summed E-state index contributed by atoms with van der Waals surface area (Å²) in [6.45, 7) is 1.66. The third-order valence-electron chi connectivity index (χ3n) is 3.12. The van der Waals surface area contributed by atoms with E-state index in [0.717, 1.165) is 0 Å². The van der Waals surface area contributed by atoms with Crippen LogP contribution >= 0.6 is 0 Å². The molecule has 1 unspecified atom stereocenters. The van der Waals surface area contributed by atoms with Crippen LogP contribution in [0.2, 0.25) is 0 Å². The first-order chi connectivity index (χ1) is 8.32. The minimum atomic E-state index is -3.12. The van der Waals surface area contributed by atoms with Gasteiger partial charge in [0.2, 0.25) is 0 Å². The lowest BCUT2D eigenvalue weighted by Gasteiger charge is -2.16. The molecule has 1 atom stereocenters. The van der Waals surface area contributed by atoms with Crippen LogP contribution in [0.1, 0.15) is 28.5 Å². The highest BCUT2D eigenvalue weighted by Gasteiger charge is 2.31. The molecule has 1 aromatic heterocycles. The summed E-state index contributed by atoms with van der Waals surface area (Å²) in [7, 11) is -3.12. The molecule has 0 bridgehead atoms. The second kappa shape index (κ2) is 4.24. The molecular formula is C11H13NO5S. The van der Waals surface area contributed by atoms with E-state index in [1.807, 2.05) is 0 Å². The lowest BCUT2D eigenvalue weighted by molar-refractivity contribution is 0.0694. The van der Waals surface area contributed by atoms with Gasteiger partial charge in [-0.25, -0.2) is 13.2 Å². The molecule has 1 aliphatic rings. The maximum absolute atomic E-state index is 12.0. The van der Waals surface area contributed by atoms with Gasteiger partial charge in [0.25, 0.3) is 5.56 Å². The zero-order valence-corrected chi connectivity index (χ0v) is 10.6. The summed E-state index contributed by atoms with van der Waals surface area (Å²) in [5.74, 6) is -1.35. The predicted molar refractivity (Wildman–Crippen MR) is 64.7 cm³/mol. The Morgan fingerprint density at radius 1 is 1.44 bits per heavy atom. The van der Waals surface area contributed by atoms with E-state index in [1.54, 1.807) is 6.92 Å². The van der Waals surface area contributed by atoms with Gasteiger partial charge in [-0.1, -0.05) is 0 Å². The SMILES string of the molecule is Cc1ccc(C(=O)O)c(=O)n1C1CCS(=O)(=O)C1. The highest BCUT2D eigenvalue weighted by molar-refractivity contribution is 7.91. The molecule has 0 aliphatic carbocycles. The van der Waals surface area contributed by atoms with Crippen molar-refractivity contribution < 1.29 is 18.3 Å². The van der Waals surface area contributed by atoms with Gasteiger partial charge in [-0.2, -0.15) is 0 Å². The zero-order valence-electron chi connectivity index (χ0n) is 9.79. The summed E-state index contributed by atoms with van der Waals surface area (Å²) < 4.78 is 24.1. The Labute approximate surface area is 104 Å². The Kier molecular flexibility index (Phi) is 3.02. The van der Waals surface area contributed by atoms with Crippen LogP contribution in [0.15, 0.2) is 16.9 Å². The van der Waals surface area contributed by atoms with Crippen LogP contribution in [0.25, 0.3) is 0 Å². The average molecular weight is 271 g/mol. The Bertz CT molecular complexity index is 659. The monoisotopic (exact) mass is 271 g/mol. The smallest absolute Gasteiger partial charge is 0.341 e. The molecule has 2 rings (SSSR count). The average Bonchev–Trinajstić information content (AvgIpc) is 2.58. The van der Waals surface area contributed by atoms with E-state index < -0.39 is 27.4 Å². The summed E-state index contributed by atoms with van der Waals surface area (Å²) in [5.41, 5.74) is -0.387. The first kappa shape index (κ1) is 12.8. The molecule has 1 fully saturated rings. The molecule has 0 saturated carbocycles. The standard InChI is InChI=1S/C11H13NO5S/c1-7-2-3-9(11(14)15)10(13)12(7)8-4-5-18(16,17)6-8/h2-3,8H,4-6H2,1H3,(H,14,15). The van der Waals surface area contributed by atoms with E-state index in [2.05, 4.69) is 0 Å². The lowest BCUT2D eigenvalue weighted by atomic mass is 10.2. The van der Waals surface area contributed by atoms with Crippen molar-refractivity contribution in [3.63, 3.8) is 0 Å². The summed E-state index contributed by atoms with van der Waals surface area (Å²) in [6, 6.07) is 2.32. The van der Waals surface area contributed by atoms with E-state index in [-0.39, 0.29) is 17.1 Å². The molecule has 6 nitrogen and oxygen atoms in total. The molecule has 98 valence electrons. The van der Waals surface area contributed by atoms with Crippen molar-refractivity contribution in [3.05, 3.63) is 33.7 Å². The zero-order chi connectivity index (χ0) is 13.5. The molecule has 0 amide bonds. The number of carboxylic acid groups (broad SMARTS) is 1. The number of carbonyl (C=O) groups is 1. The molecule has 2 heterocycles. The van der Waals surface area contributed by atoms with Crippen molar-refractivity contribution in [3.8, 4) is 0 Å². The first-order valence-corrected chi connectivity index (χ1v) is 7.30. The van der Waals surface area contributed by atoms with Crippen molar-refractivity contribution in [1.82, 2.24) is 4.57 Å². The Balaban J connectivity index is 2.55. The maximum atomic E-state index is 12.0. The second-order valence-corrected chi connectivity index (χ2v) is 6.65.